The van der Waals surface area contributed by atoms with Crippen molar-refractivity contribution in [2.45, 2.75) is 38.0 Å². The van der Waals surface area contributed by atoms with E-state index in [1.165, 1.54) is 12.1 Å². The second-order valence-corrected chi connectivity index (χ2v) is 13.5. The molecule has 0 bridgehead atoms. The number of aromatic hydroxyl groups is 1. The number of aromatic amines is 1. The lowest BCUT2D eigenvalue weighted by Crippen LogP contribution is -2.42. The molecule has 2 aliphatic rings. The predicted molar refractivity (Wildman–Crippen MR) is 200 cm³/mol. The molecule has 3 heterocycles. The number of aliphatic hydroxyl groups excluding tert-OH is 1. The number of nitrogens with one attached hydrogen (secondary N) is 3. The van der Waals surface area contributed by atoms with Crippen molar-refractivity contribution in [1.29, 1.82) is 0 Å². The zero-order valence-electron chi connectivity index (χ0n) is 28.9. The highest BCUT2D eigenvalue weighted by Crippen LogP contribution is 2.30. The Morgan fingerprint density at radius 1 is 0.904 bits per heavy atom. The predicted octanol–water partition coefficient (Wildman–Crippen LogP) is 5.44. The Balaban J connectivity index is 0.833. The quantitative estimate of drug-likeness (QED) is 0.108. The van der Waals surface area contributed by atoms with Crippen molar-refractivity contribution in [3.63, 3.8) is 0 Å². The number of carbonyl (C=O) groups excluding carboxylic acids is 2. The normalized spacial score (nSPS) is 15.5. The average Bonchev–Trinajstić information content (AvgIpc) is 3.47. The number of phenols is 1. The number of amides is 2. The van der Waals surface area contributed by atoms with E-state index in [1.807, 2.05) is 71.6 Å². The fourth-order valence-electron chi connectivity index (χ4n) is 7.17. The van der Waals surface area contributed by atoms with Gasteiger partial charge in [0.2, 0.25) is 5.56 Å². The number of anilines is 1. The Labute approximate surface area is 301 Å². The topological polar surface area (TPSA) is 147 Å². The average molecular weight is 702 g/mol. The van der Waals surface area contributed by atoms with Gasteiger partial charge in [-0.1, -0.05) is 66.7 Å². The summed E-state index contributed by atoms with van der Waals surface area (Å²) in [7, 11) is 0. The summed E-state index contributed by atoms with van der Waals surface area (Å²) in [4.78, 5) is 44.5. The van der Waals surface area contributed by atoms with Gasteiger partial charge in [0.05, 0.1) is 17.3 Å². The van der Waals surface area contributed by atoms with E-state index in [-0.39, 0.29) is 23.3 Å². The van der Waals surface area contributed by atoms with E-state index in [0.29, 0.717) is 48.3 Å². The third-order valence-electron chi connectivity index (χ3n) is 9.99. The summed E-state index contributed by atoms with van der Waals surface area (Å²) in [6, 6.07) is 29.8. The third-order valence-corrected chi connectivity index (χ3v) is 9.99. The molecule has 2 aliphatic heterocycles. The fraction of sp³-hybridized carbons (Fsp3) is 0.293. The molecule has 7 rings (SSSR count). The lowest BCUT2D eigenvalue weighted by atomic mass is 10.0. The third kappa shape index (κ3) is 8.02. The molecule has 0 aliphatic carbocycles. The van der Waals surface area contributed by atoms with Crippen molar-refractivity contribution in [3.05, 3.63) is 130 Å². The van der Waals surface area contributed by atoms with Gasteiger partial charge in [0.15, 0.2) is 0 Å². The van der Waals surface area contributed by atoms with E-state index in [0.717, 1.165) is 66.7 Å². The highest BCUT2D eigenvalue weighted by molar-refractivity contribution is 5.98. The van der Waals surface area contributed by atoms with Gasteiger partial charge in [-0.2, -0.15) is 0 Å². The van der Waals surface area contributed by atoms with Crippen molar-refractivity contribution < 1.29 is 24.5 Å². The Bertz CT molecular complexity index is 2110. The number of H-pyrrole nitrogens is 1. The van der Waals surface area contributed by atoms with Gasteiger partial charge in [-0.3, -0.25) is 14.9 Å². The summed E-state index contributed by atoms with van der Waals surface area (Å²) >= 11 is 0. The number of aliphatic hydroxyl groups is 1. The van der Waals surface area contributed by atoms with Crippen molar-refractivity contribution in [2.24, 2.45) is 0 Å². The van der Waals surface area contributed by atoms with Crippen LogP contribution < -0.4 is 16.2 Å². The van der Waals surface area contributed by atoms with Gasteiger partial charge in [-0.25, -0.2) is 4.79 Å². The first-order chi connectivity index (χ1) is 25.3. The number of nitrogens with zero attached hydrogens (tertiary/aromatic N) is 2. The summed E-state index contributed by atoms with van der Waals surface area (Å²) in [5.74, 6) is 0.0107. The number of pyridine rings is 1. The van der Waals surface area contributed by atoms with Gasteiger partial charge in [0.25, 0.3) is 5.91 Å². The molecule has 0 radical (unpaired) electrons. The van der Waals surface area contributed by atoms with Crippen LogP contribution in [0.25, 0.3) is 22.0 Å². The molecule has 5 aromatic rings. The van der Waals surface area contributed by atoms with Crippen LogP contribution in [0.3, 0.4) is 0 Å². The molecule has 0 unspecified atom stereocenters. The molecule has 1 aromatic heterocycles. The molecule has 11 nitrogen and oxygen atoms in total. The SMILES string of the molecule is O=C(Nc1ccccc1-c1ccccc1)OC1CCN(CCN2Cc3cc(CCNC[C@H](O)c4ccc(O)c5[nH]c(=O)ccc45)ccc3C2=O)CC1. The molecule has 2 amide bonds. The standard InChI is InChI=1S/C41H43N5O6/c47-36-14-12-33(34-13-15-38(49)44-39(34)36)37(48)25-42-19-16-27-10-11-32-29(24-27)26-46(40(32)50)23-22-45-20-17-30(18-21-45)52-41(51)43-35-9-5-4-8-31(35)28-6-2-1-3-7-28/h1-15,24,30,37,42,47-48H,16-23,25-26H2,(H,43,51)(H,44,49)/t37-/m0/s1. The van der Waals surface area contributed by atoms with Crippen LogP contribution >= 0.6 is 0 Å². The highest BCUT2D eigenvalue weighted by atomic mass is 16.6. The summed E-state index contributed by atoms with van der Waals surface area (Å²) in [5, 5.41) is 27.8. The van der Waals surface area contributed by atoms with E-state index in [2.05, 4.69) is 26.6 Å². The van der Waals surface area contributed by atoms with Crippen LogP contribution in [0.4, 0.5) is 10.5 Å². The molecular formula is C41H43N5O6. The number of phenolic OH excluding ortho intramolecular Hbond substituents is 1. The van der Waals surface area contributed by atoms with Crippen LogP contribution in [0.15, 0.2) is 102 Å². The zero-order valence-corrected chi connectivity index (χ0v) is 28.9. The number of piperidine rings is 1. The van der Waals surface area contributed by atoms with Gasteiger partial charge >= 0.3 is 6.09 Å². The first-order valence-corrected chi connectivity index (χ1v) is 17.8. The molecule has 1 fully saturated rings. The lowest BCUT2D eigenvalue weighted by molar-refractivity contribution is 0.0528. The van der Waals surface area contributed by atoms with E-state index in [1.54, 1.807) is 12.1 Å². The van der Waals surface area contributed by atoms with Crippen molar-refractivity contribution in [2.75, 3.05) is 44.6 Å². The van der Waals surface area contributed by atoms with Gasteiger partial charge in [-0.15, -0.1) is 0 Å². The zero-order chi connectivity index (χ0) is 36.0. The van der Waals surface area contributed by atoms with E-state index >= 15 is 0 Å². The van der Waals surface area contributed by atoms with Crippen LogP contribution in [0.5, 0.6) is 5.75 Å². The number of fused-ring (bicyclic) bond motifs is 2. The maximum Gasteiger partial charge on any atom is 0.411 e. The number of likely N-dealkylation sites (tertiary alicyclic amines) is 1. The number of hydrogen-bond donors (Lipinski definition) is 5. The molecule has 5 N–H and O–H groups in total. The van der Waals surface area contributed by atoms with Crippen LogP contribution in [-0.4, -0.2) is 82.4 Å². The smallest absolute Gasteiger partial charge is 0.411 e. The summed E-state index contributed by atoms with van der Waals surface area (Å²) in [6.45, 7) is 4.48. The minimum absolute atomic E-state index is 0.0411. The van der Waals surface area contributed by atoms with Crippen LogP contribution in [0, 0.1) is 0 Å². The van der Waals surface area contributed by atoms with Crippen LogP contribution in [0.2, 0.25) is 0 Å². The van der Waals surface area contributed by atoms with Crippen LogP contribution in [0.1, 0.15) is 46.0 Å². The summed E-state index contributed by atoms with van der Waals surface area (Å²) in [5.41, 5.74) is 6.17. The molecular weight excluding hydrogens is 658 g/mol. The van der Waals surface area contributed by atoms with Gasteiger partial charge in [-0.05, 0) is 72.3 Å². The Kier molecular flexibility index (Phi) is 10.6. The van der Waals surface area contributed by atoms with E-state index in [4.69, 9.17) is 4.74 Å². The number of rotatable bonds is 12. The number of aromatic nitrogens is 1. The van der Waals surface area contributed by atoms with Crippen molar-refractivity contribution >= 4 is 28.6 Å². The Morgan fingerprint density at radius 2 is 1.69 bits per heavy atom. The largest absolute Gasteiger partial charge is 0.506 e. The molecule has 0 saturated carbocycles. The molecule has 268 valence electrons. The Morgan fingerprint density at radius 3 is 2.52 bits per heavy atom. The van der Waals surface area contributed by atoms with Gasteiger partial charge in [0.1, 0.15) is 11.9 Å². The van der Waals surface area contributed by atoms with Crippen molar-refractivity contribution in [1.82, 2.24) is 20.1 Å². The molecule has 52 heavy (non-hydrogen) atoms. The first kappa shape index (κ1) is 34.9. The highest BCUT2D eigenvalue weighted by Gasteiger charge is 2.29. The number of carbonyl (C=O) groups is 2. The maximum atomic E-state index is 13.2. The second-order valence-electron chi connectivity index (χ2n) is 13.5. The minimum atomic E-state index is -0.827. The second kappa shape index (κ2) is 15.8. The molecule has 0 spiro atoms. The van der Waals surface area contributed by atoms with Crippen LogP contribution in [-0.2, 0) is 17.7 Å². The van der Waals surface area contributed by atoms with Gasteiger partial charge < -0.3 is 35.1 Å². The van der Waals surface area contributed by atoms with Crippen molar-refractivity contribution in [3.8, 4) is 16.9 Å². The monoisotopic (exact) mass is 701 g/mol. The van der Waals surface area contributed by atoms with E-state index < -0.39 is 12.2 Å². The molecule has 1 atom stereocenters. The van der Waals surface area contributed by atoms with E-state index in [9.17, 15) is 24.6 Å². The summed E-state index contributed by atoms with van der Waals surface area (Å²) < 4.78 is 5.80. The maximum absolute atomic E-state index is 13.2. The lowest BCUT2D eigenvalue weighted by Gasteiger charge is -2.32. The number of para-hydroxylation sites is 1. The number of ether oxygens (including phenoxy) is 1. The molecule has 11 heteroatoms. The summed E-state index contributed by atoms with van der Waals surface area (Å²) in [6.07, 6.45) is 0.773. The molecule has 1 saturated heterocycles. The van der Waals surface area contributed by atoms with Gasteiger partial charge in [0, 0.05) is 61.8 Å². The first-order valence-electron chi connectivity index (χ1n) is 17.8. The fourth-order valence-corrected chi connectivity index (χ4v) is 7.17. The number of hydrogen-bond acceptors (Lipinski definition) is 8. The molecule has 4 aromatic carbocycles. The Hall–Kier alpha value is -5.49. The number of benzene rings is 4. The minimum Gasteiger partial charge on any atom is -0.506 e.